The van der Waals surface area contributed by atoms with E-state index >= 15 is 0 Å². The van der Waals surface area contributed by atoms with Gasteiger partial charge in [-0.1, -0.05) is 0 Å². The summed E-state index contributed by atoms with van der Waals surface area (Å²) >= 11 is 1.53. The number of carbonyl (C=O) groups is 4. The summed E-state index contributed by atoms with van der Waals surface area (Å²) in [6, 6.07) is 4.25. The summed E-state index contributed by atoms with van der Waals surface area (Å²) in [5, 5.41) is 2.76. The van der Waals surface area contributed by atoms with E-state index in [0.717, 1.165) is 17.7 Å². The highest BCUT2D eigenvalue weighted by Crippen LogP contribution is 2.31. The third kappa shape index (κ3) is 4.60. The monoisotopic (exact) mass is 391 g/mol. The molecule has 1 atom stereocenters. The molecule has 0 spiro atoms. The van der Waals surface area contributed by atoms with Crippen molar-refractivity contribution in [1.82, 2.24) is 4.90 Å². The molecule has 0 bridgehead atoms. The van der Waals surface area contributed by atoms with Crippen LogP contribution in [0.1, 0.15) is 36.0 Å². The minimum absolute atomic E-state index is 0.107. The van der Waals surface area contributed by atoms with Crippen LogP contribution in [0.25, 0.3) is 0 Å². The number of nitrogens with zero attached hydrogens (tertiary/aromatic N) is 1. The first kappa shape index (κ1) is 19.2. The summed E-state index contributed by atoms with van der Waals surface area (Å²) in [6.07, 6.45) is 2.55. The minimum Gasteiger partial charge on any atom is -0.452 e. The number of primary amides is 1. The Hall–Kier alpha value is -2.55. The Bertz CT molecular complexity index is 782. The second-order valence-corrected chi connectivity index (χ2v) is 7.57. The van der Waals surface area contributed by atoms with Crippen LogP contribution in [0.3, 0.4) is 0 Å². The van der Waals surface area contributed by atoms with Crippen LogP contribution in [-0.4, -0.2) is 53.5 Å². The lowest BCUT2D eigenvalue weighted by Gasteiger charge is -2.33. The van der Waals surface area contributed by atoms with E-state index in [-0.39, 0.29) is 11.5 Å². The largest absolute Gasteiger partial charge is 0.452 e. The Morgan fingerprint density at radius 2 is 2.11 bits per heavy atom. The highest BCUT2D eigenvalue weighted by Gasteiger charge is 2.31. The number of carbonyl (C=O) groups excluding carboxylic acids is 4. The van der Waals surface area contributed by atoms with Crippen molar-refractivity contribution in [2.24, 2.45) is 5.73 Å². The molecular formula is C18H21N3O5S. The number of hydrogen-bond donors (Lipinski definition) is 2. The van der Waals surface area contributed by atoms with Gasteiger partial charge in [0.25, 0.3) is 5.91 Å². The molecule has 3 amide bonds. The molecule has 0 aromatic heterocycles. The van der Waals surface area contributed by atoms with Crippen LogP contribution in [0.4, 0.5) is 5.69 Å². The second-order valence-electron chi connectivity index (χ2n) is 6.43. The molecule has 0 radical (unpaired) electrons. The molecule has 0 aliphatic carbocycles. The summed E-state index contributed by atoms with van der Waals surface area (Å²) in [5.41, 5.74) is 6.16. The number of rotatable bonds is 4. The molecule has 1 aromatic carbocycles. The molecule has 2 aliphatic heterocycles. The van der Waals surface area contributed by atoms with Crippen LogP contribution in [0, 0.1) is 0 Å². The molecule has 0 unspecified atom stereocenters. The van der Waals surface area contributed by atoms with Crippen LogP contribution >= 0.6 is 11.8 Å². The highest BCUT2D eigenvalue weighted by molar-refractivity contribution is 7.99. The van der Waals surface area contributed by atoms with Crippen LogP contribution in [0.5, 0.6) is 0 Å². The van der Waals surface area contributed by atoms with Gasteiger partial charge in [-0.25, -0.2) is 4.79 Å². The third-order valence-electron chi connectivity index (χ3n) is 4.55. The van der Waals surface area contributed by atoms with E-state index < -0.39 is 30.4 Å². The number of amides is 3. The fourth-order valence-corrected chi connectivity index (χ4v) is 4.10. The molecule has 144 valence electrons. The van der Waals surface area contributed by atoms with Gasteiger partial charge in [0.1, 0.15) is 6.04 Å². The lowest BCUT2D eigenvalue weighted by Crippen LogP contribution is -2.51. The number of ether oxygens (including phenoxy) is 1. The predicted octanol–water partition coefficient (Wildman–Crippen LogP) is 1.14. The van der Waals surface area contributed by atoms with E-state index in [1.54, 1.807) is 18.2 Å². The van der Waals surface area contributed by atoms with Gasteiger partial charge in [-0.15, -0.1) is 11.8 Å². The molecule has 2 aliphatic rings. The number of anilines is 1. The van der Waals surface area contributed by atoms with Crippen molar-refractivity contribution in [3.8, 4) is 0 Å². The molecule has 3 N–H and O–H groups in total. The Morgan fingerprint density at radius 1 is 1.30 bits per heavy atom. The van der Waals surface area contributed by atoms with Crippen LogP contribution < -0.4 is 11.1 Å². The number of benzene rings is 1. The van der Waals surface area contributed by atoms with Crippen LogP contribution in [0.15, 0.2) is 23.1 Å². The fourth-order valence-electron chi connectivity index (χ4n) is 3.17. The lowest BCUT2D eigenvalue weighted by atomic mass is 10.0. The van der Waals surface area contributed by atoms with E-state index in [1.165, 1.54) is 16.7 Å². The fraction of sp³-hybridized carbons (Fsp3) is 0.444. The van der Waals surface area contributed by atoms with E-state index in [0.29, 0.717) is 30.8 Å². The van der Waals surface area contributed by atoms with Crippen LogP contribution in [-0.2, 0) is 19.1 Å². The number of hydrogen-bond acceptors (Lipinski definition) is 6. The molecule has 8 nitrogen and oxygen atoms in total. The van der Waals surface area contributed by atoms with Crippen molar-refractivity contribution in [2.45, 2.75) is 36.6 Å². The number of nitrogens with two attached hydrogens (primary N) is 1. The van der Waals surface area contributed by atoms with Crippen molar-refractivity contribution in [1.29, 1.82) is 0 Å². The summed E-state index contributed by atoms with van der Waals surface area (Å²) in [7, 11) is 0. The van der Waals surface area contributed by atoms with Gasteiger partial charge in [-0.05, 0) is 37.5 Å². The van der Waals surface area contributed by atoms with E-state index in [2.05, 4.69) is 5.32 Å². The maximum absolute atomic E-state index is 12.4. The molecule has 1 aromatic rings. The molecule has 3 rings (SSSR count). The smallest absolute Gasteiger partial charge is 0.338 e. The summed E-state index contributed by atoms with van der Waals surface area (Å²) in [6.45, 7) is -0.0348. The van der Waals surface area contributed by atoms with Crippen molar-refractivity contribution in [3.63, 3.8) is 0 Å². The number of esters is 1. The Kier molecular flexibility index (Phi) is 6.00. The van der Waals surface area contributed by atoms with Crippen molar-refractivity contribution >= 4 is 41.1 Å². The first-order valence-electron chi connectivity index (χ1n) is 8.78. The lowest BCUT2D eigenvalue weighted by molar-refractivity contribution is -0.143. The van der Waals surface area contributed by atoms with Crippen molar-refractivity contribution in [3.05, 3.63) is 23.8 Å². The Morgan fingerprint density at radius 3 is 2.89 bits per heavy atom. The Labute approximate surface area is 160 Å². The standard InChI is InChI=1S/C18H21N3O5S/c19-17(24)13-3-1-2-7-21(13)16(23)10-26-18(25)11-4-5-14-12(9-11)20-15(22)6-8-27-14/h4-5,9,13H,1-3,6-8,10H2,(H2,19,24)(H,20,22)/t13-/m0/s1. The number of piperidine rings is 1. The molecule has 1 saturated heterocycles. The topological polar surface area (TPSA) is 119 Å². The van der Waals surface area contributed by atoms with Crippen LogP contribution in [0.2, 0.25) is 0 Å². The Balaban J connectivity index is 1.63. The summed E-state index contributed by atoms with van der Waals surface area (Å²) in [4.78, 5) is 50.1. The molecule has 0 saturated carbocycles. The first-order valence-corrected chi connectivity index (χ1v) is 9.77. The average Bonchev–Trinajstić information content (AvgIpc) is 2.85. The molecular weight excluding hydrogens is 370 g/mol. The maximum atomic E-state index is 12.4. The van der Waals surface area contributed by atoms with E-state index in [9.17, 15) is 19.2 Å². The SMILES string of the molecule is NC(=O)[C@@H]1CCCCN1C(=O)COC(=O)c1ccc2c(c1)NC(=O)CCS2. The number of likely N-dealkylation sites (tertiary alicyclic amines) is 1. The van der Waals surface area contributed by atoms with E-state index in [1.807, 2.05) is 0 Å². The zero-order valence-electron chi connectivity index (χ0n) is 14.7. The van der Waals surface area contributed by atoms with Gasteiger partial charge in [0.15, 0.2) is 6.61 Å². The average molecular weight is 391 g/mol. The van der Waals surface area contributed by atoms with E-state index in [4.69, 9.17) is 10.5 Å². The third-order valence-corrected chi connectivity index (χ3v) is 5.63. The molecule has 2 heterocycles. The van der Waals surface area contributed by atoms with Gasteiger partial charge in [-0.2, -0.15) is 0 Å². The second kappa shape index (κ2) is 8.43. The highest BCUT2D eigenvalue weighted by atomic mass is 32.2. The molecule has 9 heteroatoms. The number of thioether (sulfide) groups is 1. The number of nitrogens with one attached hydrogen (secondary N) is 1. The molecule has 1 fully saturated rings. The van der Waals surface area contributed by atoms with Crippen molar-refractivity contribution in [2.75, 3.05) is 24.2 Å². The summed E-state index contributed by atoms with van der Waals surface area (Å²) < 4.78 is 5.12. The normalized spacial score (nSPS) is 19.5. The van der Waals surface area contributed by atoms with Crippen molar-refractivity contribution < 1.29 is 23.9 Å². The van der Waals surface area contributed by atoms with Gasteiger partial charge in [0.05, 0.1) is 11.3 Å². The minimum atomic E-state index is -0.665. The van der Waals surface area contributed by atoms with Gasteiger partial charge in [0, 0.05) is 23.6 Å². The summed E-state index contributed by atoms with van der Waals surface area (Å²) in [5.74, 6) is -1.08. The zero-order chi connectivity index (χ0) is 19.4. The number of fused-ring (bicyclic) bond motifs is 1. The van der Waals surface area contributed by atoms with Gasteiger partial charge < -0.3 is 20.7 Å². The maximum Gasteiger partial charge on any atom is 0.338 e. The van der Waals surface area contributed by atoms with Gasteiger partial charge in [-0.3, -0.25) is 14.4 Å². The van der Waals surface area contributed by atoms with Gasteiger partial charge >= 0.3 is 5.97 Å². The first-order chi connectivity index (χ1) is 13.0. The predicted molar refractivity (Wildman–Crippen MR) is 99.2 cm³/mol. The quantitative estimate of drug-likeness (QED) is 0.743. The van der Waals surface area contributed by atoms with Gasteiger partial charge in [0.2, 0.25) is 11.8 Å². The zero-order valence-corrected chi connectivity index (χ0v) is 15.5. The molecule has 27 heavy (non-hydrogen) atoms.